The Kier molecular flexibility index (Phi) is 6.26. The van der Waals surface area contributed by atoms with Gasteiger partial charge in [-0.15, -0.1) is 11.3 Å². The van der Waals surface area contributed by atoms with E-state index >= 15 is 0 Å². The summed E-state index contributed by atoms with van der Waals surface area (Å²) in [6.45, 7) is 11.2. The molecule has 0 bridgehead atoms. The van der Waals surface area contributed by atoms with Crippen molar-refractivity contribution in [1.82, 2.24) is 10.3 Å². The summed E-state index contributed by atoms with van der Waals surface area (Å²) >= 11 is 1.74. The van der Waals surface area contributed by atoms with Crippen LogP contribution in [0.5, 0.6) is 0 Å². The van der Waals surface area contributed by atoms with Crippen LogP contribution in [0.1, 0.15) is 55.2 Å². The van der Waals surface area contributed by atoms with Crippen LogP contribution in [0, 0.1) is 19.8 Å². The Labute approximate surface area is 115 Å². The molecule has 0 aromatic carbocycles. The standard InChI is InChI=1S/C14H26N2OS/c1-6-12(7-2)13(17)8-15-9(3)14-10(4)16-11(5)18-14/h9,12-13,15,17H,6-8H2,1-5H3. The number of hydrogen-bond donors (Lipinski definition) is 2. The van der Waals surface area contributed by atoms with Crippen LogP contribution in [0.3, 0.4) is 0 Å². The molecule has 0 aliphatic carbocycles. The molecule has 1 rings (SSSR count). The molecule has 0 aliphatic rings. The van der Waals surface area contributed by atoms with Gasteiger partial charge >= 0.3 is 0 Å². The maximum atomic E-state index is 10.1. The average Bonchev–Trinajstić information content (AvgIpc) is 2.67. The van der Waals surface area contributed by atoms with Crippen molar-refractivity contribution in [3.63, 3.8) is 0 Å². The number of rotatable bonds is 7. The molecule has 0 spiro atoms. The Bertz CT molecular complexity index is 361. The largest absolute Gasteiger partial charge is 0.392 e. The molecule has 0 fully saturated rings. The lowest BCUT2D eigenvalue weighted by Gasteiger charge is -2.22. The van der Waals surface area contributed by atoms with E-state index in [-0.39, 0.29) is 12.1 Å². The summed E-state index contributed by atoms with van der Waals surface area (Å²) in [5.74, 6) is 0.397. The van der Waals surface area contributed by atoms with E-state index in [1.807, 2.05) is 13.8 Å². The fraction of sp³-hybridized carbons (Fsp3) is 0.786. The summed E-state index contributed by atoms with van der Waals surface area (Å²) in [6, 6.07) is 0.264. The van der Waals surface area contributed by atoms with E-state index in [2.05, 4.69) is 31.1 Å². The molecule has 18 heavy (non-hydrogen) atoms. The number of hydrogen-bond acceptors (Lipinski definition) is 4. The number of aliphatic hydroxyl groups is 1. The molecule has 0 saturated carbocycles. The minimum absolute atomic E-state index is 0.253. The van der Waals surface area contributed by atoms with Crippen LogP contribution in [-0.4, -0.2) is 22.7 Å². The van der Waals surface area contributed by atoms with Crippen molar-refractivity contribution in [3.8, 4) is 0 Å². The lowest BCUT2D eigenvalue weighted by atomic mass is 9.96. The first-order valence-electron chi connectivity index (χ1n) is 6.84. The first-order chi connectivity index (χ1) is 8.49. The molecule has 2 unspecified atom stereocenters. The van der Waals surface area contributed by atoms with E-state index in [1.165, 1.54) is 4.88 Å². The molecule has 0 radical (unpaired) electrons. The van der Waals surface area contributed by atoms with Crippen molar-refractivity contribution in [2.24, 2.45) is 5.92 Å². The molecular weight excluding hydrogens is 244 g/mol. The molecule has 1 aromatic heterocycles. The Hall–Kier alpha value is -0.450. The molecule has 3 nitrogen and oxygen atoms in total. The van der Waals surface area contributed by atoms with Crippen LogP contribution in [0.4, 0.5) is 0 Å². The number of nitrogens with one attached hydrogen (secondary N) is 1. The summed E-state index contributed by atoms with van der Waals surface area (Å²) in [5, 5.41) is 14.6. The Balaban J connectivity index is 2.50. The van der Waals surface area contributed by atoms with Crippen LogP contribution < -0.4 is 5.32 Å². The van der Waals surface area contributed by atoms with Gasteiger partial charge in [0.2, 0.25) is 0 Å². The van der Waals surface area contributed by atoms with E-state index in [1.54, 1.807) is 11.3 Å². The second-order valence-electron chi connectivity index (χ2n) is 4.96. The van der Waals surface area contributed by atoms with Crippen LogP contribution in [0.2, 0.25) is 0 Å². The number of thiazole rings is 1. The number of aliphatic hydroxyl groups excluding tert-OH is 1. The maximum Gasteiger partial charge on any atom is 0.0900 e. The molecule has 0 aliphatic heterocycles. The van der Waals surface area contributed by atoms with Crippen molar-refractivity contribution in [2.45, 2.75) is 59.6 Å². The summed E-state index contributed by atoms with van der Waals surface area (Å²) < 4.78 is 0. The van der Waals surface area contributed by atoms with Gasteiger partial charge in [0.1, 0.15) is 0 Å². The smallest absolute Gasteiger partial charge is 0.0900 e. The third-order valence-electron chi connectivity index (χ3n) is 3.56. The third kappa shape index (κ3) is 4.04. The van der Waals surface area contributed by atoms with Crippen molar-refractivity contribution in [2.75, 3.05) is 6.54 Å². The normalized spacial score (nSPS) is 15.1. The summed E-state index contributed by atoms with van der Waals surface area (Å²) in [7, 11) is 0. The minimum Gasteiger partial charge on any atom is -0.392 e. The molecule has 0 saturated heterocycles. The van der Waals surface area contributed by atoms with Gasteiger partial charge in [-0.3, -0.25) is 0 Å². The minimum atomic E-state index is -0.253. The van der Waals surface area contributed by atoms with Gasteiger partial charge in [-0.05, 0) is 26.7 Å². The van der Waals surface area contributed by atoms with Crippen LogP contribution >= 0.6 is 11.3 Å². The predicted molar refractivity (Wildman–Crippen MR) is 78.1 cm³/mol. The van der Waals surface area contributed by atoms with Gasteiger partial charge in [-0.25, -0.2) is 4.98 Å². The fourth-order valence-electron chi connectivity index (χ4n) is 2.34. The van der Waals surface area contributed by atoms with Gasteiger partial charge in [-0.1, -0.05) is 26.7 Å². The second kappa shape index (κ2) is 7.22. The topological polar surface area (TPSA) is 45.1 Å². The molecule has 2 N–H and O–H groups in total. The molecular formula is C14H26N2OS. The molecule has 1 heterocycles. The highest BCUT2D eigenvalue weighted by Gasteiger charge is 2.18. The first kappa shape index (κ1) is 15.6. The van der Waals surface area contributed by atoms with Gasteiger partial charge in [-0.2, -0.15) is 0 Å². The summed E-state index contributed by atoms with van der Waals surface area (Å²) in [6.07, 6.45) is 1.82. The van der Waals surface area contributed by atoms with Crippen molar-refractivity contribution < 1.29 is 5.11 Å². The molecule has 0 amide bonds. The van der Waals surface area contributed by atoms with Gasteiger partial charge in [0.05, 0.1) is 16.8 Å². The zero-order chi connectivity index (χ0) is 13.7. The van der Waals surface area contributed by atoms with E-state index in [9.17, 15) is 5.11 Å². The Morgan fingerprint density at radius 2 is 1.89 bits per heavy atom. The number of aromatic nitrogens is 1. The van der Waals surface area contributed by atoms with Crippen molar-refractivity contribution >= 4 is 11.3 Å². The SMILES string of the molecule is CCC(CC)C(O)CNC(C)c1sc(C)nc1C. The van der Waals surface area contributed by atoms with Crippen molar-refractivity contribution in [3.05, 3.63) is 15.6 Å². The monoisotopic (exact) mass is 270 g/mol. The first-order valence-corrected chi connectivity index (χ1v) is 7.66. The number of nitrogens with zero attached hydrogens (tertiary/aromatic N) is 1. The zero-order valence-electron chi connectivity index (χ0n) is 12.2. The number of aryl methyl sites for hydroxylation is 2. The molecule has 2 atom stereocenters. The maximum absolute atomic E-state index is 10.1. The van der Waals surface area contributed by atoms with Gasteiger partial charge in [0.15, 0.2) is 0 Å². The highest BCUT2D eigenvalue weighted by atomic mass is 32.1. The lowest BCUT2D eigenvalue weighted by molar-refractivity contribution is 0.0990. The summed E-state index contributed by atoms with van der Waals surface area (Å²) in [5.41, 5.74) is 1.11. The van der Waals surface area contributed by atoms with Gasteiger partial charge in [0.25, 0.3) is 0 Å². The van der Waals surface area contributed by atoms with E-state index in [4.69, 9.17) is 0 Å². The highest BCUT2D eigenvalue weighted by Crippen LogP contribution is 2.24. The highest BCUT2D eigenvalue weighted by molar-refractivity contribution is 7.11. The molecule has 1 aromatic rings. The Morgan fingerprint density at radius 3 is 2.33 bits per heavy atom. The van der Waals surface area contributed by atoms with Crippen molar-refractivity contribution in [1.29, 1.82) is 0 Å². The summed E-state index contributed by atoms with van der Waals surface area (Å²) in [4.78, 5) is 5.72. The Morgan fingerprint density at radius 1 is 1.28 bits per heavy atom. The zero-order valence-corrected chi connectivity index (χ0v) is 13.0. The van der Waals surface area contributed by atoms with Crippen LogP contribution in [0.25, 0.3) is 0 Å². The average molecular weight is 270 g/mol. The lowest BCUT2D eigenvalue weighted by Crippen LogP contribution is -2.33. The van der Waals surface area contributed by atoms with Crippen LogP contribution in [-0.2, 0) is 0 Å². The van der Waals surface area contributed by atoms with Crippen LogP contribution in [0.15, 0.2) is 0 Å². The quantitative estimate of drug-likeness (QED) is 0.799. The molecule has 4 heteroatoms. The third-order valence-corrected chi connectivity index (χ3v) is 4.81. The fourth-order valence-corrected chi connectivity index (χ4v) is 3.29. The predicted octanol–water partition coefficient (Wildman–Crippen LogP) is 3.21. The van der Waals surface area contributed by atoms with Gasteiger partial charge in [0, 0.05) is 17.5 Å². The van der Waals surface area contributed by atoms with Gasteiger partial charge < -0.3 is 10.4 Å². The van der Waals surface area contributed by atoms with E-state index in [0.717, 1.165) is 23.5 Å². The van der Waals surface area contributed by atoms with E-state index in [0.29, 0.717) is 12.5 Å². The second-order valence-corrected chi connectivity index (χ2v) is 6.19. The molecule has 104 valence electrons. The van der Waals surface area contributed by atoms with E-state index < -0.39 is 0 Å².